The lowest BCUT2D eigenvalue weighted by atomic mass is 9.96. The normalized spacial score (nSPS) is 28.4. The van der Waals surface area contributed by atoms with Gasteiger partial charge in [-0.3, -0.25) is 9.80 Å². The molecule has 0 saturated carbocycles. The third-order valence-electron chi connectivity index (χ3n) is 5.07. The molecule has 4 nitrogen and oxygen atoms in total. The van der Waals surface area contributed by atoms with Gasteiger partial charge >= 0.3 is 0 Å². The van der Waals surface area contributed by atoms with Crippen LogP contribution in [0.5, 0.6) is 0 Å². The third-order valence-corrected chi connectivity index (χ3v) is 5.07. The molecule has 2 heterocycles. The van der Waals surface area contributed by atoms with Gasteiger partial charge in [-0.15, -0.1) is 0 Å². The molecule has 1 aromatic carbocycles. The highest BCUT2D eigenvalue weighted by Gasteiger charge is 2.33. The lowest BCUT2D eigenvalue weighted by molar-refractivity contribution is -0.0314. The molecule has 2 aliphatic rings. The van der Waals surface area contributed by atoms with Gasteiger partial charge in [0.25, 0.3) is 0 Å². The molecule has 23 heavy (non-hydrogen) atoms. The largest absolute Gasteiger partial charge is 0.393 e. The average molecular weight is 316 g/mol. The van der Waals surface area contributed by atoms with Crippen molar-refractivity contribution in [1.29, 1.82) is 0 Å². The Hall–Kier alpha value is -1.20. The number of likely N-dealkylation sites (tertiary alicyclic amines) is 2. The molecule has 2 N–H and O–H groups in total. The zero-order valence-corrected chi connectivity index (χ0v) is 13.7. The van der Waals surface area contributed by atoms with Crippen LogP contribution in [0.3, 0.4) is 0 Å². The van der Waals surface area contributed by atoms with Crippen molar-refractivity contribution in [3.05, 3.63) is 42.0 Å². The van der Waals surface area contributed by atoms with Crippen LogP contribution in [0, 0.1) is 0 Å². The smallest absolute Gasteiger partial charge is 0.0822 e. The van der Waals surface area contributed by atoms with Crippen LogP contribution >= 0.6 is 0 Å². The predicted molar refractivity (Wildman–Crippen MR) is 93.1 cm³/mol. The first kappa shape index (κ1) is 16.7. The van der Waals surface area contributed by atoms with Crippen LogP contribution in [-0.2, 0) is 0 Å². The summed E-state index contributed by atoms with van der Waals surface area (Å²) in [6, 6.07) is 10.6. The SMILES string of the molecule is OC1CCN([C@@H]2CCN(C/C=C/c3ccccc3)C[C@H]2O)CC1. The zero-order valence-electron chi connectivity index (χ0n) is 13.7. The lowest BCUT2D eigenvalue weighted by Crippen LogP contribution is -2.56. The topological polar surface area (TPSA) is 46.9 Å². The Morgan fingerprint density at radius 3 is 2.43 bits per heavy atom. The van der Waals surface area contributed by atoms with Gasteiger partial charge in [-0.2, -0.15) is 0 Å². The first-order valence-corrected chi connectivity index (χ1v) is 8.76. The summed E-state index contributed by atoms with van der Waals surface area (Å²) in [6.45, 7) is 4.48. The highest BCUT2D eigenvalue weighted by atomic mass is 16.3. The Balaban J connectivity index is 1.46. The van der Waals surface area contributed by atoms with Gasteiger partial charge in [0.2, 0.25) is 0 Å². The Bertz CT molecular complexity index is 497. The Morgan fingerprint density at radius 1 is 1.00 bits per heavy atom. The van der Waals surface area contributed by atoms with Gasteiger partial charge in [0.05, 0.1) is 12.2 Å². The number of aliphatic hydroxyl groups excluding tert-OH is 2. The first-order valence-electron chi connectivity index (χ1n) is 8.76. The maximum atomic E-state index is 10.5. The molecule has 126 valence electrons. The molecule has 0 aliphatic carbocycles. The predicted octanol–water partition coefficient (Wildman–Crippen LogP) is 1.59. The summed E-state index contributed by atoms with van der Waals surface area (Å²) < 4.78 is 0. The maximum Gasteiger partial charge on any atom is 0.0822 e. The molecule has 0 spiro atoms. The average Bonchev–Trinajstić information content (AvgIpc) is 2.57. The molecule has 2 aliphatic heterocycles. The van der Waals surface area contributed by atoms with Crippen molar-refractivity contribution in [1.82, 2.24) is 9.80 Å². The van der Waals surface area contributed by atoms with Crippen LogP contribution in [0.25, 0.3) is 6.08 Å². The fourth-order valence-electron chi connectivity index (χ4n) is 3.70. The number of rotatable bonds is 4. The number of hydrogen-bond donors (Lipinski definition) is 2. The monoisotopic (exact) mass is 316 g/mol. The van der Waals surface area contributed by atoms with E-state index in [2.05, 4.69) is 34.1 Å². The van der Waals surface area contributed by atoms with Gasteiger partial charge in [-0.05, 0) is 24.8 Å². The van der Waals surface area contributed by atoms with Crippen LogP contribution < -0.4 is 0 Å². The van der Waals surface area contributed by atoms with E-state index in [1.54, 1.807) is 0 Å². The van der Waals surface area contributed by atoms with E-state index in [4.69, 9.17) is 0 Å². The van der Waals surface area contributed by atoms with Gasteiger partial charge in [0.15, 0.2) is 0 Å². The van der Waals surface area contributed by atoms with E-state index in [1.165, 1.54) is 5.56 Å². The van der Waals surface area contributed by atoms with Crippen molar-refractivity contribution >= 4 is 6.08 Å². The van der Waals surface area contributed by atoms with Crippen molar-refractivity contribution < 1.29 is 10.2 Å². The summed E-state index contributed by atoms with van der Waals surface area (Å²) in [4.78, 5) is 4.69. The molecule has 0 aromatic heterocycles. The van der Waals surface area contributed by atoms with Gasteiger partial charge < -0.3 is 10.2 Å². The summed E-state index contributed by atoms with van der Waals surface area (Å²) in [5.74, 6) is 0. The van der Waals surface area contributed by atoms with Crippen LogP contribution in [-0.4, -0.2) is 71.0 Å². The third kappa shape index (κ3) is 4.64. The number of β-amino-alcohol motifs (C(OH)–C–C–N with tert-alkyl or cyclic N) is 1. The van der Waals surface area contributed by atoms with Gasteiger partial charge in [0.1, 0.15) is 0 Å². The Labute approximate surface area is 139 Å². The van der Waals surface area contributed by atoms with E-state index in [-0.39, 0.29) is 18.2 Å². The minimum atomic E-state index is -0.288. The second-order valence-corrected chi connectivity index (χ2v) is 6.76. The molecule has 3 rings (SSSR count). The molecule has 2 fully saturated rings. The number of piperidine rings is 2. The summed E-state index contributed by atoms with van der Waals surface area (Å²) in [5.41, 5.74) is 1.22. The van der Waals surface area contributed by atoms with Crippen LogP contribution in [0.4, 0.5) is 0 Å². The molecule has 1 aromatic rings. The second kappa shape index (κ2) is 8.06. The van der Waals surface area contributed by atoms with E-state index in [0.717, 1.165) is 52.0 Å². The molecule has 4 heteroatoms. The highest BCUT2D eigenvalue weighted by molar-refractivity contribution is 5.48. The number of nitrogens with zero attached hydrogens (tertiary/aromatic N) is 2. The fraction of sp³-hybridized carbons (Fsp3) is 0.579. The van der Waals surface area contributed by atoms with Crippen molar-refractivity contribution in [2.75, 3.05) is 32.7 Å². The van der Waals surface area contributed by atoms with Crippen LogP contribution in [0.1, 0.15) is 24.8 Å². The summed E-state index contributed by atoms with van der Waals surface area (Å²) in [5, 5.41) is 20.1. The number of benzene rings is 1. The lowest BCUT2D eigenvalue weighted by Gasteiger charge is -2.43. The van der Waals surface area contributed by atoms with Crippen molar-refractivity contribution in [3.8, 4) is 0 Å². The van der Waals surface area contributed by atoms with E-state index < -0.39 is 0 Å². The number of hydrogen-bond acceptors (Lipinski definition) is 4. The number of aliphatic hydroxyl groups is 2. The zero-order chi connectivity index (χ0) is 16.1. The standard InChI is InChI=1S/C19H28N2O2/c22-17-8-13-21(14-9-17)18-10-12-20(15-19(18)23)11-4-7-16-5-2-1-3-6-16/h1-7,17-19,22-23H,8-15H2/b7-4+/t18-,19-/m1/s1. The van der Waals surface area contributed by atoms with Gasteiger partial charge in [0, 0.05) is 38.8 Å². The van der Waals surface area contributed by atoms with Crippen molar-refractivity contribution in [2.45, 2.75) is 37.5 Å². The van der Waals surface area contributed by atoms with Crippen molar-refractivity contribution in [2.24, 2.45) is 0 Å². The molecule has 0 unspecified atom stereocenters. The van der Waals surface area contributed by atoms with Gasteiger partial charge in [-0.25, -0.2) is 0 Å². The fourth-order valence-corrected chi connectivity index (χ4v) is 3.70. The quantitative estimate of drug-likeness (QED) is 0.886. The van der Waals surface area contributed by atoms with E-state index in [0.29, 0.717) is 0 Å². The summed E-state index contributed by atoms with van der Waals surface area (Å²) in [6.07, 6.45) is 6.58. The van der Waals surface area contributed by atoms with E-state index >= 15 is 0 Å². The van der Waals surface area contributed by atoms with Crippen LogP contribution in [0.15, 0.2) is 36.4 Å². The summed E-state index contributed by atoms with van der Waals surface area (Å²) >= 11 is 0. The maximum absolute atomic E-state index is 10.5. The van der Waals surface area contributed by atoms with Crippen molar-refractivity contribution in [3.63, 3.8) is 0 Å². The highest BCUT2D eigenvalue weighted by Crippen LogP contribution is 2.21. The minimum Gasteiger partial charge on any atom is -0.393 e. The second-order valence-electron chi connectivity index (χ2n) is 6.76. The molecular weight excluding hydrogens is 288 g/mol. The molecule has 0 amide bonds. The van der Waals surface area contributed by atoms with E-state index in [9.17, 15) is 10.2 Å². The molecular formula is C19H28N2O2. The van der Waals surface area contributed by atoms with Gasteiger partial charge in [-0.1, -0.05) is 42.5 Å². The summed E-state index contributed by atoms with van der Waals surface area (Å²) in [7, 11) is 0. The van der Waals surface area contributed by atoms with Crippen LogP contribution in [0.2, 0.25) is 0 Å². The molecule has 0 radical (unpaired) electrons. The Kier molecular flexibility index (Phi) is 5.84. The molecule has 0 bridgehead atoms. The minimum absolute atomic E-state index is 0.147. The molecule has 2 saturated heterocycles. The Morgan fingerprint density at radius 2 is 1.74 bits per heavy atom. The molecule has 2 atom stereocenters. The van der Waals surface area contributed by atoms with E-state index in [1.807, 2.05) is 18.2 Å². The first-order chi connectivity index (χ1) is 11.2.